The molecule has 3 atom stereocenters. The minimum absolute atomic E-state index is 0.0496. The Kier molecular flexibility index (Phi) is 26.6. The van der Waals surface area contributed by atoms with Crippen molar-refractivity contribution in [1.82, 2.24) is 55.6 Å². The van der Waals surface area contributed by atoms with Gasteiger partial charge >= 0.3 is 0 Å². The molecule has 1 aliphatic heterocycles. The molecular weight excluding hydrogens is 1010 g/mol. The number of carbonyl (C=O) groups is 11. The first-order valence-electron chi connectivity index (χ1n) is 25.8. The molecule has 1 unspecified atom stereocenters. The Hall–Kier alpha value is -7.59. The van der Waals surface area contributed by atoms with Gasteiger partial charge < -0.3 is 60.7 Å². The molecule has 0 aliphatic carbocycles. The summed E-state index contributed by atoms with van der Waals surface area (Å²) in [5.41, 5.74) is -1.76. The average Bonchev–Trinajstić information content (AvgIpc) is 3.34. The van der Waals surface area contributed by atoms with Crippen LogP contribution in [0.4, 0.5) is 0 Å². The van der Waals surface area contributed by atoms with Crippen molar-refractivity contribution in [3.8, 4) is 0 Å². The van der Waals surface area contributed by atoms with Crippen LogP contribution in [0, 0.1) is 17.8 Å². The van der Waals surface area contributed by atoms with Crippen LogP contribution in [0.3, 0.4) is 0 Å². The summed E-state index contributed by atoms with van der Waals surface area (Å²) in [5.74, 6) is -9.49. The molecule has 0 aromatic heterocycles. The molecule has 78 heavy (non-hydrogen) atoms. The summed E-state index contributed by atoms with van der Waals surface area (Å²) in [6.07, 6.45) is 4.01. The highest BCUT2D eigenvalue weighted by atomic mass is 16.3. The molecule has 0 aromatic carbocycles. The molecule has 1 rings (SSSR count). The van der Waals surface area contributed by atoms with Crippen molar-refractivity contribution in [3.63, 3.8) is 0 Å². The number of carbonyl (C=O) groups excluding carboxylic acids is 11. The van der Waals surface area contributed by atoms with Crippen molar-refractivity contribution in [2.24, 2.45) is 17.8 Å². The second kappa shape index (κ2) is 30.4. The Bertz CT molecular complexity index is 2450. The zero-order valence-corrected chi connectivity index (χ0v) is 49.1. The minimum Gasteiger partial charge on any atom is -0.513 e. The lowest BCUT2D eigenvalue weighted by molar-refractivity contribution is -0.148. The van der Waals surface area contributed by atoms with Crippen LogP contribution in [-0.4, -0.2) is 198 Å². The zero-order chi connectivity index (χ0) is 60.4. The summed E-state index contributed by atoms with van der Waals surface area (Å²) in [4.78, 5) is 161. The van der Waals surface area contributed by atoms with Gasteiger partial charge in [-0.15, -0.1) is 0 Å². The van der Waals surface area contributed by atoms with Crippen molar-refractivity contribution in [1.29, 1.82) is 0 Å². The molecule has 0 aromatic rings. The Labute approximate surface area is 460 Å². The highest BCUT2D eigenvalue weighted by Gasteiger charge is 2.42. The lowest BCUT2D eigenvalue weighted by Gasteiger charge is -2.39. The molecule has 0 bridgehead atoms. The van der Waals surface area contributed by atoms with E-state index in [0.717, 1.165) is 34.3 Å². The van der Waals surface area contributed by atoms with Crippen LogP contribution in [0.5, 0.6) is 0 Å². The van der Waals surface area contributed by atoms with E-state index in [4.69, 9.17) is 0 Å². The molecule has 0 radical (unpaired) electrons. The van der Waals surface area contributed by atoms with Crippen molar-refractivity contribution in [2.75, 3.05) is 75.5 Å². The van der Waals surface area contributed by atoms with Crippen LogP contribution in [0.1, 0.15) is 101 Å². The first kappa shape index (κ1) is 68.4. The average molecular weight is 1090 g/mol. The fourth-order valence-corrected chi connectivity index (χ4v) is 8.05. The summed E-state index contributed by atoms with van der Waals surface area (Å²) < 4.78 is 0. The SMILES string of the molecule is C=C(O)CCCC(=C)CC1C(=O)NCC(=O)N(C)CC(=O)N(C)[C@@](C)(CC(C)C)C(=O)NC(=C(C)C)C(=O)N(C)CC(=O)NC(=C)C(=O)N[C@@H](C)C(=O)N(C)/C(=C\C(C)C)C(=O)N(C)/C(=C\C(C)C)C(=O)N(C)CC(=O)N1C. The molecule has 1 fully saturated rings. The lowest BCUT2D eigenvalue weighted by Crippen LogP contribution is -2.60. The molecule has 0 spiro atoms. The van der Waals surface area contributed by atoms with Gasteiger partial charge in [-0.3, -0.25) is 52.7 Å². The van der Waals surface area contributed by atoms with Gasteiger partial charge in [-0.2, -0.15) is 0 Å². The number of hydrogen-bond acceptors (Lipinski definition) is 12. The smallest absolute Gasteiger partial charge is 0.274 e. The number of nitrogens with zero attached hydrogens (tertiary/aromatic N) is 7. The Balaban J connectivity index is 4.01. The second-order valence-corrected chi connectivity index (χ2v) is 21.4. The van der Waals surface area contributed by atoms with Gasteiger partial charge in [-0.25, -0.2) is 0 Å². The Morgan fingerprint density at radius 3 is 1.74 bits per heavy atom. The van der Waals surface area contributed by atoms with E-state index in [1.165, 1.54) is 75.3 Å². The maximum absolute atomic E-state index is 14.5. The monoisotopic (exact) mass is 1090 g/mol. The highest BCUT2D eigenvalue weighted by molar-refractivity contribution is 6.06. The first-order chi connectivity index (χ1) is 35.9. The van der Waals surface area contributed by atoms with E-state index in [9.17, 15) is 57.8 Å². The molecule has 434 valence electrons. The van der Waals surface area contributed by atoms with Gasteiger partial charge in [0.15, 0.2) is 0 Å². The summed E-state index contributed by atoms with van der Waals surface area (Å²) in [7, 11) is 9.29. The molecule has 1 heterocycles. The van der Waals surface area contributed by atoms with E-state index in [-0.39, 0.29) is 59.9 Å². The molecule has 0 saturated carbocycles. The summed E-state index contributed by atoms with van der Waals surface area (Å²) in [6, 6.07) is -2.60. The maximum Gasteiger partial charge on any atom is 0.274 e. The molecule has 5 N–H and O–H groups in total. The van der Waals surface area contributed by atoms with Gasteiger partial charge in [0.25, 0.3) is 23.6 Å². The van der Waals surface area contributed by atoms with Gasteiger partial charge in [0.2, 0.25) is 41.4 Å². The van der Waals surface area contributed by atoms with Crippen molar-refractivity contribution in [2.45, 2.75) is 119 Å². The van der Waals surface area contributed by atoms with Crippen LogP contribution in [-0.2, 0) is 52.7 Å². The number of aliphatic hydroxyl groups excluding tert-OH is 1. The van der Waals surface area contributed by atoms with E-state index in [0.29, 0.717) is 24.0 Å². The predicted octanol–water partition coefficient (Wildman–Crippen LogP) is 2.31. The summed E-state index contributed by atoms with van der Waals surface area (Å²) >= 11 is 0. The van der Waals surface area contributed by atoms with E-state index in [1.54, 1.807) is 41.5 Å². The molecular formula is C55H87N11O12. The van der Waals surface area contributed by atoms with E-state index >= 15 is 0 Å². The highest BCUT2D eigenvalue weighted by Crippen LogP contribution is 2.26. The quantitative estimate of drug-likeness (QED) is 0.120. The molecule has 1 saturated heterocycles. The third-order valence-electron chi connectivity index (χ3n) is 12.7. The number of rotatable bonds is 10. The molecule has 23 nitrogen and oxygen atoms in total. The second-order valence-electron chi connectivity index (χ2n) is 21.4. The fraction of sp³-hybridized carbons (Fsp3) is 0.582. The topological polar surface area (TPSA) is 279 Å². The Morgan fingerprint density at radius 2 is 1.23 bits per heavy atom. The Morgan fingerprint density at radius 1 is 0.705 bits per heavy atom. The van der Waals surface area contributed by atoms with Crippen LogP contribution in [0.25, 0.3) is 0 Å². The van der Waals surface area contributed by atoms with Gasteiger partial charge in [0.1, 0.15) is 34.7 Å². The van der Waals surface area contributed by atoms with E-state index < -0.39 is 114 Å². The fourth-order valence-electron chi connectivity index (χ4n) is 8.05. The number of amides is 11. The molecule has 11 amide bonds. The van der Waals surface area contributed by atoms with Crippen molar-refractivity contribution in [3.05, 3.63) is 71.6 Å². The van der Waals surface area contributed by atoms with Crippen LogP contribution < -0.4 is 21.3 Å². The zero-order valence-electron chi connectivity index (χ0n) is 49.1. The third kappa shape index (κ3) is 20.1. The number of likely N-dealkylation sites (N-methyl/N-ethyl adjacent to an activating group) is 7. The number of aliphatic hydroxyl groups is 1. The summed E-state index contributed by atoms with van der Waals surface area (Å²) in [5, 5.41) is 19.6. The van der Waals surface area contributed by atoms with Crippen LogP contribution >= 0.6 is 0 Å². The molecule has 1 aliphatic rings. The normalized spacial score (nSPS) is 22.3. The summed E-state index contributed by atoms with van der Waals surface area (Å²) in [6.45, 7) is 25.4. The number of nitrogens with one attached hydrogen (secondary N) is 4. The number of allylic oxidation sites excluding steroid dienone is 4. The standard InChI is InChI=1S/C55H87N11O12/c1-32(2)24-41-51(75)62(16)30-45(70)63(17)40(26-36(9)22-21-23-37(10)67)49(73)56-28-44(69)60(14)31-46(71)66(20)55(13,27-34(5)6)54(78)59-47(35(7)8)53(77)61(15)29-43(68)57-38(11)48(72)58-39(12)50(74)64(18)42(25-33(3)4)52(76)65(41)19/h24-25,32-34,39-40,67H,9-11,21-23,26-31H2,1-8,12-20H3,(H,56,73)(H,57,68)(H,58,72)(H,59,78)/b41-24-,42-25-/t39-,40?,55-/m0/s1. The van der Waals surface area contributed by atoms with Gasteiger partial charge in [-0.1, -0.05) is 79.0 Å². The third-order valence-corrected chi connectivity index (χ3v) is 12.7. The van der Waals surface area contributed by atoms with Gasteiger partial charge in [-0.05, 0) is 76.7 Å². The van der Waals surface area contributed by atoms with E-state index in [1.807, 2.05) is 13.8 Å². The molecule has 23 heteroatoms. The van der Waals surface area contributed by atoms with Gasteiger partial charge in [0.05, 0.1) is 37.6 Å². The van der Waals surface area contributed by atoms with Crippen molar-refractivity contribution >= 4 is 65.0 Å². The largest absolute Gasteiger partial charge is 0.513 e. The van der Waals surface area contributed by atoms with Crippen molar-refractivity contribution < 1.29 is 57.8 Å². The predicted molar refractivity (Wildman–Crippen MR) is 295 cm³/mol. The maximum atomic E-state index is 14.5. The van der Waals surface area contributed by atoms with Crippen LogP contribution in [0.2, 0.25) is 0 Å². The first-order valence-corrected chi connectivity index (χ1v) is 25.8. The minimum atomic E-state index is -1.61. The van der Waals surface area contributed by atoms with Crippen LogP contribution in [0.15, 0.2) is 71.6 Å². The lowest BCUT2D eigenvalue weighted by atomic mass is 9.87. The van der Waals surface area contributed by atoms with Gasteiger partial charge in [0, 0.05) is 55.8 Å². The van der Waals surface area contributed by atoms with E-state index in [2.05, 4.69) is 41.0 Å². The number of hydrogen-bond donors (Lipinski definition) is 5.